The van der Waals surface area contributed by atoms with E-state index in [1.165, 1.54) is 25.7 Å². The van der Waals surface area contributed by atoms with E-state index in [9.17, 15) is 0 Å². The zero-order valence-corrected chi connectivity index (χ0v) is 9.11. The smallest absolute Gasteiger partial charge is 0.165 e. The lowest BCUT2D eigenvalue weighted by Gasteiger charge is -2.12. The summed E-state index contributed by atoms with van der Waals surface area (Å²) in [6.45, 7) is 5.33. The minimum absolute atomic E-state index is 0.510. The van der Waals surface area contributed by atoms with Gasteiger partial charge in [0.25, 0.3) is 0 Å². The van der Waals surface area contributed by atoms with E-state index in [2.05, 4.69) is 24.0 Å². The molecule has 0 aliphatic rings. The number of nitrogens with zero attached hydrogens (tertiary/aromatic N) is 3. The molecule has 0 saturated carbocycles. The van der Waals surface area contributed by atoms with Crippen molar-refractivity contribution in [2.24, 2.45) is 5.92 Å². The van der Waals surface area contributed by atoms with Crippen molar-refractivity contribution < 1.29 is 0 Å². The van der Waals surface area contributed by atoms with Crippen LogP contribution in [0.5, 0.6) is 0 Å². The van der Waals surface area contributed by atoms with Crippen LogP contribution in [-0.4, -0.2) is 15.0 Å². The van der Waals surface area contributed by atoms with E-state index in [0.29, 0.717) is 11.7 Å². The number of unbranched alkanes of at least 4 members (excludes halogenated alkanes) is 1. The lowest BCUT2D eigenvalue weighted by molar-refractivity contribution is 0.349. The van der Waals surface area contributed by atoms with Gasteiger partial charge in [-0.1, -0.05) is 33.1 Å². The molecule has 0 aliphatic carbocycles. The molecule has 0 aromatic carbocycles. The van der Waals surface area contributed by atoms with Gasteiger partial charge in [-0.15, -0.1) is 5.10 Å². The summed E-state index contributed by atoms with van der Waals surface area (Å²) in [7, 11) is 0. The van der Waals surface area contributed by atoms with Crippen molar-refractivity contribution in [3.8, 4) is 0 Å². The second-order valence-corrected chi connectivity index (χ2v) is 3.74. The molecule has 1 unspecified atom stereocenters. The van der Waals surface area contributed by atoms with Crippen molar-refractivity contribution in [2.45, 2.75) is 46.1 Å². The molecule has 0 spiro atoms. The van der Waals surface area contributed by atoms with Crippen LogP contribution in [0.1, 0.15) is 39.5 Å². The van der Waals surface area contributed by atoms with Gasteiger partial charge in [-0.05, 0) is 12.3 Å². The van der Waals surface area contributed by atoms with E-state index in [0.717, 1.165) is 6.54 Å². The average Bonchev–Trinajstić information content (AvgIpc) is 2.58. The SMILES string of the molecule is CCCCC(CC)Cn1ncc(N)n1. The third-order valence-corrected chi connectivity index (χ3v) is 2.52. The van der Waals surface area contributed by atoms with Crippen molar-refractivity contribution in [3.63, 3.8) is 0 Å². The van der Waals surface area contributed by atoms with E-state index < -0.39 is 0 Å². The van der Waals surface area contributed by atoms with E-state index in [1.807, 2.05) is 0 Å². The van der Waals surface area contributed by atoms with E-state index in [4.69, 9.17) is 5.73 Å². The maximum absolute atomic E-state index is 5.50. The van der Waals surface area contributed by atoms with E-state index in [-0.39, 0.29) is 0 Å². The Morgan fingerprint density at radius 2 is 2.29 bits per heavy atom. The molecule has 0 radical (unpaired) electrons. The fourth-order valence-corrected chi connectivity index (χ4v) is 1.55. The van der Waals surface area contributed by atoms with Crippen LogP contribution >= 0.6 is 0 Å². The van der Waals surface area contributed by atoms with Crippen molar-refractivity contribution >= 4 is 5.82 Å². The van der Waals surface area contributed by atoms with Gasteiger partial charge in [0, 0.05) is 0 Å². The van der Waals surface area contributed by atoms with Crippen LogP contribution in [0.25, 0.3) is 0 Å². The summed E-state index contributed by atoms with van der Waals surface area (Å²) < 4.78 is 0. The van der Waals surface area contributed by atoms with Crippen LogP contribution in [0.2, 0.25) is 0 Å². The van der Waals surface area contributed by atoms with Gasteiger partial charge in [-0.2, -0.15) is 9.90 Å². The van der Waals surface area contributed by atoms with Gasteiger partial charge in [0.15, 0.2) is 5.82 Å². The lowest BCUT2D eigenvalue weighted by atomic mass is 10.00. The number of nitrogens with two attached hydrogens (primary N) is 1. The topological polar surface area (TPSA) is 56.7 Å². The molecule has 2 N–H and O–H groups in total. The number of nitrogen functional groups attached to an aromatic ring is 1. The molecule has 0 amide bonds. The molecular weight excluding hydrogens is 176 g/mol. The fraction of sp³-hybridized carbons (Fsp3) is 0.800. The third-order valence-electron chi connectivity index (χ3n) is 2.52. The van der Waals surface area contributed by atoms with Crippen LogP contribution in [0.3, 0.4) is 0 Å². The van der Waals surface area contributed by atoms with Crippen molar-refractivity contribution in [1.82, 2.24) is 15.0 Å². The zero-order chi connectivity index (χ0) is 10.4. The Morgan fingerprint density at radius 1 is 1.50 bits per heavy atom. The quantitative estimate of drug-likeness (QED) is 0.757. The summed E-state index contributed by atoms with van der Waals surface area (Å²) in [5, 5.41) is 8.18. The van der Waals surface area contributed by atoms with Crippen molar-refractivity contribution in [1.29, 1.82) is 0 Å². The Kier molecular flexibility index (Phi) is 4.43. The minimum Gasteiger partial charge on any atom is -0.381 e. The molecule has 1 heterocycles. The summed E-state index contributed by atoms with van der Waals surface area (Å²) >= 11 is 0. The number of hydrogen-bond acceptors (Lipinski definition) is 3. The summed E-state index contributed by atoms with van der Waals surface area (Å²) in [6, 6.07) is 0. The zero-order valence-electron chi connectivity index (χ0n) is 9.11. The molecule has 1 rings (SSSR count). The Balaban J connectivity index is 2.40. The molecule has 80 valence electrons. The van der Waals surface area contributed by atoms with Crippen LogP contribution in [-0.2, 0) is 6.54 Å². The normalized spacial score (nSPS) is 13.0. The van der Waals surface area contributed by atoms with Gasteiger partial charge in [0.05, 0.1) is 12.7 Å². The highest BCUT2D eigenvalue weighted by molar-refractivity contribution is 5.19. The van der Waals surface area contributed by atoms with Gasteiger partial charge in [-0.3, -0.25) is 0 Å². The maximum atomic E-state index is 5.50. The Hall–Kier alpha value is -1.06. The highest BCUT2D eigenvalue weighted by Gasteiger charge is 2.07. The second-order valence-electron chi connectivity index (χ2n) is 3.74. The predicted molar refractivity (Wildman–Crippen MR) is 57.7 cm³/mol. The summed E-state index contributed by atoms with van der Waals surface area (Å²) in [5.74, 6) is 1.19. The monoisotopic (exact) mass is 196 g/mol. The first-order valence-corrected chi connectivity index (χ1v) is 5.41. The van der Waals surface area contributed by atoms with Crippen LogP contribution in [0.15, 0.2) is 6.20 Å². The molecular formula is C10H20N4. The number of hydrogen-bond donors (Lipinski definition) is 1. The first kappa shape index (κ1) is 11.0. The molecule has 4 nitrogen and oxygen atoms in total. The van der Waals surface area contributed by atoms with Crippen LogP contribution < -0.4 is 5.73 Å². The molecule has 0 aliphatic heterocycles. The van der Waals surface area contributed by atoms with Gasteiger partial charge in [0.1, 0.15) is 0 Å². The molecule has 1 aromatic heterocycles. The van der Waals surface area contributed by atoms with Crippen molar-refractivity contribution in [2.75, 3.05) is 5.73 Å². The number of anilines is 1. The van der Waals surface area contributed by atoms with Gasteiger partial charge in [0.2, 0.25) is 0 Å². The molecule has 0 fully saturated rings. The number of aromatic nitrogens is 3. The molecule has 1 atom stereocenters. The summed E-state index contributed by atoms with van der Waals surface area (Å²) in [6.07, 6.45) is 6.59. The number of rotatable bonds is 6. The second kappa shape index (κ2) is 5.62. The molecule has 0 saturated heterocycles. The first-order chi connectivity index (χ1) is 6.76. The van der Waals surface area contributed by atoms with Crippen LogP contribution in [0.4, 0.5) is 5.82 Å². The summed E-state index contributed by atoms with van der Waals surface area (Å²) in [5.41, 5.74) is 5.50. The van der Waals surface area contributed by atoms with Gasteiger partial charge >= 0.3 is 0 Å². The largest absolute Gasteiger partial charge is 0.381 e. The Bertz CT molecular complexity index is 256. The molecule has 1 aromatic rings. The molecule has 4 heteroatoms. The van der Waals surface area contributed by atoms with Crippen molar-refractivity contribution in [3.05, 3.63) is 6.20 Å². The minimum atomic E-state index is 0.510. The van der Waals surface area contributed by atoms with Gasteiger partial charge in [-0.25, -0.2) is 0 Å². The first-order valence-electron chi connectivity index (χ1n) is 5.41. The summed E-state index contributed by atoms with van der Waals surface area (Å²) in [4.78, 5) is 1.71. The average molecular weight is 196 g/mol. The van der Waals surface area contributed by atoms with Gasteiger partial charge < -0.3 is 5.73 Å². The Morgan fingerprint density at radius 3 is 2.79 bits per heavy atom. The molecule has 14 heavy (non-hydrogen) atoms. The third kappa shape index (κ3) is 3.36. The lowest BCUT2D eigenvalue weighted by Crippen LogP contribution is -2.12. The van der Waals surface area contributed by atoms with E-state index in [1.54, 1.807) is 11.0 Å². The maximum Gasteiger partial charge on any atom is 0.165 e. The Labute approximate surface area is 85.5 Å². The predicted octanol–water partition coefficient (Wildman–Crippen LogP) is 2.08. The fourth-order valence-electron chi connectivity index (χ4n) is 1.55. The standard InChI is InChI=1S/C10H20N4/c1-3-5-6-9(4-2)8-14-12-7-10(11)13-14/h7,9H,3-6,8H2,1-2H3,(H2,11,13). The molecule has 0 bridgehead atoms. The highest BCUT2D eigenvalue weighted by Crippen LogP contribution is 2.14. The van der Waals surface area contributed by atoms with Crippen LogP contribution in [0, 0.1) is 5.92 Å². The van der Waals surface area contributed by atoms with E-state index >= 15 is 0 Å². The highest BCUT2D eigenvalue weighted by atomic mass is 15.5.